The monoisotopic (exact) mass is 404 g/mol. The second-order valence-corrected chi connectivity index (χ2v) is 8.18. The van der Waals surface area contributed by atoms with Gasteiger partial charge in [0.25, 0.3) is 0 Å². The SMILES string of the molecule is NS(=O)(=O)c1cccc(NC(=O)NCC2CN(Cc3ccccc3)CCO2)c1. The van der Waals surface area contributed by atoms with Crippen molar-refractivity contribution >= 4 is 21.7 Å². The lowest BCUT2D eigenvalue weighted by molar-refractivity contribution is -0.0285. The summed E-state index contributed by atoms with van der Waals surface area (Å²) in [5.74, 6) is 0. The van der Waals surface area contributed by atoms with Gasteiger partial charge in [-0.15, -0.1) is 0 Å². The summed E-state index contributed by atoms with van der Waals surface area (Å²) in [6.07, 6.45) is -0.112. The van der Waals surface area contributed by atoms with E-state index in [1.54, 1.807) is 6.07 Å². The highest BCUT2D eigenvalue weighted by atomic mass is 32.2. The number of nitrogens with two attached hydrogens (primary N) is 1. The number of carbonyl (C=O) groups excluding carboxylic acids is 1. The molecule has 1 fully saturated rings. The first-order valence-electron chi connectivity index (χ1n) is 8.96. The van der Waals surface area contributed by atoms with Crippen LogP contribution in [0.25, 0.3) is 0 Å². The minimum atomic E-state index is -3.82. The number of urea groups is 1. The minimum absolute atomic E-state index is 0.0579. The van der Waals surface area contributed by atoms with Crippen molar-refractivity contribution in [3.8, 4) is 0 Å². The Hall–Kier alpha value is -2.46. The van der Waals surface area contributed by atoms with E-state index in [9.17, 15) is 13.2 Å². The van der Waals surface area contributed by atoms with E-state index in [-0.39, 0.29) is 11.0 Å². The van der Waals surface area contributed by atoms with E-state index in [1.165, 1.54) is 23.8 Å². The molecule has 0 bridgehead atoms. The molecule has 1 unspecified atom stereocenters. The van der Waals surface area contributed by atoms with Crippen molar-refractivity contribution < 1.29 is 17.9 Å². The lowest BCUT2D eigenvalue weighted by Gasteiger charge is -2.33. The Bertz CT molecular complexity index is 905. The van der Waals surface area contributed by atoms with Crippen LogP contribution in [0.4, 0.5) is 10.5 Å². The largest absolute Gasteiger partial charge is 0.374 e. The molecule has 0 saturated carbocycles. The smallest absolute Gasteiger partial charge is 0.319 e. The average Bonchev–Trinajstić information content (AvgIpc) is 2.67. The zero-order valence-corrected chi connectivity index (χ0v) is 16.2. The van der Waals surface area contributed by atoms with Crippen LogP contribution in [0.5, 0.6) is 0 Å². The van der Waals surface area contributed by atoms with E-state index >= 15 is 0 Å². The van der Waals surface area contributed by atoms with E-state index in [0.29, 0.717) is 18.8 Å². The molecule has 1 aliphatic rings. The molecule has 150 valence electrons. The van der Waals surface area contributed by atoms with Crippen molar-refractivity contribution in [1.29, 1.82) is 0 Å². The molecular formula is C19H24N4O4S. The van der Waals surface area contributed by atoms with Gasteiger partial charge in [-0.05, 0) is 23.8 Å². The maximum atomic E-state index is 12.1. The van der Waals surface area contributed by atoms with Gasteiger partial charge < -0.3 is 15.4 Å². The van der Waals surface area contributed by atoms with Crippen LogP contribution < -0.4 is 15.8 Å². The number of primary sulfonamides is 1. The number of hydrogen-bond donors (Lipinski definition) is 3. The Kier molecular flexibility index (Phi) is 6.63. The first kappa shape index (κ1) is 20.3. The maximum absolute atomic E-state index is 12.1. The van der Waals surface area contributed by atoms with Crippen molar-refractivity contribution in [3.63, 3.8) is 0 Å². The van der Waals surface area contributed by atoms with E-state index < -0.39 is 16.1 Å². The molecule has 2 aromatic rings. The topological polar surface area (TPSA) is 114 Å². The number of amides is 2. The standard InChI is InChI=1S/C19H24N4O4S/c20-28(25,26)18-8-4-7-16(11-18)22-19(24)21-12-17-14-23(9-10-27-17)13-15-5-2-1-3-6-15/h1-8,11,17H,9-10,12-14H2,(H2,20,25,26)(H2,21,22,24). The van der Waals surface area contributed by atoms with Crippen LogP contribution in [0.15, 0.2) is 59.5 Å². The van der Waals surface area contributed by atoms with Crippen molar-refractivity contribution in [2.24, 2.45) is 5.14 Å². The van der Waals surface area contributed by atoms with Gasteiger partial charge >= 0.3 is 6.03 Å². The summed E-state index contributed by atoms with van der Waals surface area (Å²) in [5, 5.41) is 10.5. The van der Waals surface area contributed by atoms with Crippen molar-refractivity contribution in [3.05, 3.63) is 60.2 Å². The number of hydrogen-bond acceptors (Lipinski definition) is 5. The number of morpholine rings is 1. The molecular weight excluding hydrogens is 380 g/mol. The fourth-order valence-corrected chi connectivity index (χ4v) is 3.58. The number of carbonyl (C=O) groups is 1. The molecule has 0 radical (unpaired) electrons. The molecule has 1 aliphatic heterocycles. The predicted molar refractivity (Wildman–Crippen MR) is 106 cm³/mol. The first-order chi connectivity index (χ1) is 13.4. The third kappa shape index (κ3) is 6.03. The Morgan fingerprint density at radius 3 is 2.71 bits per heavy atom. The molecule has 2 amide bonds. The van der Waals surface area contributed by atoms with Gasteiger partial charge in [0.05, 0.1) is 17.6 Å². The zero-order chi connectivity index (χ0) is 20.0. The van der Waals surface area contributed by atoms with Crippen LogP contribution in [0.1, 0.15) is 5.56 Å². The fraction of sp³-hybridized carbons (Fsp3) is 0.316. The van der Waals surface area contributed by atoms with Gasteiger partial charge in [0, 0.05) is 31.9 Å². The third-order valence-electron chi connectivity index (χ3n) is 4.38. The summed E-state index contributed by atoms with van der Waals surface area (Å²) in [5.41, 5.74) is 1.59. The van der Waals surface area contributed by atoms with Crippen molar-refractivity contribution in [1.82, 2.24) is 10.2 Å². The van der Waals surface area contributed by atoms with Crippen LogP contribution in [-0.2, 0) is 21.3 Å². The molecule has 0 aromatic heterocycles. The van der Waals surface area contributed by atoms with Gasteiger partial charge in [-0.2, -0.15) is 0 Å². The summed E-state index contributed by atoms with van der Waals surface area (Å²) < 4.78 is 28.5. The summed E-state index contributed by atoms with van der Waals surface area (Å²) >= 11 is 0. The van der Waals surface area contributed by atoms with E-state index in [4.69, 9.17) is 9.88 Å². The molecule has 3 rings (SSSR count). The summed E-state index contributed by atoms with van der Waals surface area (Å²) in [6, 6.07) is 15.6. The van der Waals surface area contributed by atoms with Crippen LogP contribution in [-0.4, -0.2) is 51.7 Å². The van der Waals surface area contributed by atoms with Gasteiger partial charge in [0.2, 0.25) is 10.0 Å². The molecule has 4 N–H and O–H groups in total. The second-order valence-electron chi connectivity index (χ2n) is 6.62. The average molecular weight is 404 g/mol. The predicted octanol–water partition coefficient (Wildman–Crippen LogP) is 1.36. The maximum Gasteiger partial charge on any atom is 0.319 e. The quantitative estimate of drug-likeness (QED) is 0.673. The highest BCUT2D eigenvalue weighted by Crippen LogP contribution is 2.14. The first-order valence-corrected chi connectivity index (χ1v) is 10.5. The molecule has 9 heteroatoms. The molecule has 0 aliphatic carbocycles. The van der Waals surface area contributed by atoms with Gasteiger partial charge in [-0.25, -0.2) is 18.4 Å². The minimum Gasteiger partial charge on any atom is -0.374 e. The number of nitrogens with zero attached hydrogens (tertiary/aromatic N) is 1. The summed E-state index contributed by atoms with van der Waals surface area (Å²) in [4.78, 5) is 14.3. The number of sulfonamides is 1. The normalized spacial score (nSPS) is 17.8. The molecule has 1 atom stereocenters. The molecule has 2 aromatic carbocycles. The highest BCUT2D eigenvalue weighted by molar-refractivity contribution is 7.89. The van der Waals surface area contributed by atoms with E-state index in [1.807, 2.05) is 18.2 Å². The lowest BCUT2D eigenvalue weighted by Crippen LogP contribution is -2.47. The molecule has 0 spiro atoms. The summed E-state index contributed by atoms with van der Waals surface area (Å²) in [6.45, 7) is 3.37. The van der Waals surface area contributed by atoms with Gasteiger partial charge in [-0.1, -0.05) is 36.4 Å². The number of benzene rings is 2. The van der Waals surface area contributed by atoms with E-state index in [0.717, 1.165) is 19.6 Å². The van der Waals surface area contributed by atoms with Crippen LogP contribution in [0.3, 0.4) is 0 Å². The molecule has 1 heterocycles. The zero-order valence-electron chi connectivity index (χ0n) is 15.4. The Balaban J connectivity index is 1.48. The third-order valence-corrected chi connectivity index (χ3v) is 5.29. The lowest BCUT2D eigenvalue weighted by atomic mass is 10.2. The number of nitrogens with one attached hydrogen (secondary N) is 2. The summed E-state index contributed by atoms with van der Waals surface area (Å²) in [7, 11) is -3.82. The Morgan fingerprint density at radius 2 is 1.96 bits per heavy atom. The number of ether oxygens (including phenoxy) is 1. The highest BCUT2D eigenvalue weighted by Gasteiger charge is 2.21. The van der Waals surface area contributed by atoms with Gasteiger partial charge in [-0.3, -0.25) is 4.90 Å². The van der Waals surface area contributed by atoms with Gasteiger partial charge in [0.1, 0.15) is 0 Å². The molecule has 8 nitrogen and oxygen atoms in total. The van der Waals surface area contributed by atoms with Gasteiger partial charge in [0.15, 0.2) is 0 Å². The Labute approximate surface area is 164 Å². The Morgan fingerprint density at radius 1 is 1.18 bits per heavy atom. The van der Waals surface area contributed by atoms with Crippen LogP contribution in [0.2, 0.25) is 0 Å². The van der Waals surface area contributed by atoms with Crippen LogP contribution in [0, 0.1) is 0 Å². The second kappa shape index (κ2) is 9.16. The van der Waals surface area contributed by atoms with E-state index in [2.05, 4.69) is 27.7 Å². The van der Waals surface area contributed by atoms with Crippen molar-refractivity contribution in [2.75, 3.05) is 31.6 Å². The molecule has 1 saturated heterocycles. The number of rotatable bonds is 6. The van der Waals surface area contributed by atoms with Crippen molar-refractivity contribution in [2.45, 2.75) is 17.5 Å². The van der Waals surface area contributed by atoms with Crippen LogP contribution >= 0.6 is 0 Å². The molecule has 28 heavy (non-hydrogen) atoms. The number of anilines is 1. The fourth-order valence-electron chi connectivity index (χ4n) is 3.02.